The number of hydrogen-bond acceptors (Lipinski definition) is 4. The fourth-order valence-corrected chi connectivity index (χ4v) is 2.77. The van der Waals surface area contributed by atoms with Gasteiger partial charge in [0.2, 0.25) is 0 Å². The minimum atomic E-state index is -0.249. The summed E-state index contributed by atoms with van der Waals surface area (Å²) in [6, 6.07) is 9.31. The molecule has 130 valence electrons. The number of benzene rings is 1. The van der Waals surface area contributed by atoms with Crippen molar-refractivity contribution in [3.05, 3.63) is 48.0 Å². The summed E-state index contributed by atoms with van der Waals surface area (Å²) < 4.78 is 3.67. The van der Waals surface area contributed by atoms with E-state index in [2.05, 4.69) is 41.4 Å². The van der Waals surface area contributed by atoms with Crippen LogP contribution in [0.15, 0.2) is 36.7 Å². The topological polar surface area (TPSA) is 77.6 Å². The van der Waals surface area contributed by atoms with Crippen molar-refractivity contribution in [1.82, 2.24) is 24.5 Å². The van der Waals surface area contributed by atoms with Crippen LogP contribution in [0.1, 0.15) is 37.0 Å². The number of hydrogen-bond donors (Lipinski definition) is 1. The second kappa shape index (κ2) is 6.16. The first-order valence-electron chi connectivity index (χ1n) is 8.09. The molecule has 0 unspecified atom stereocenters. The normalized spacial score (nSPS) is 11.6. The third-order valence-corrected chi connectivity index (χ3v) is 3.88. The van der Waals surface area contributed by atoms with Gasteiger partial charge in [-0.25, -0.2) is 0 Å². The van der Waals surface area contributed by atoms with E-state index in [1.54, 1.807) is 12.4 Å². The fourth-order valence-electron chi connectivity index (χ4n) is 2.77. The zero-order chi connectivity index (χ0) is 18.2. The second-order valence-corrected chi connectivity index (χ2v) is 7.02. The second-order valence-electron chi connectivity index (χ2n) is 7.02. The van der Waals surface area contributed by atoms with E-state index in [1.165, 1.54) is 0 Å². The van der Waals surface area contributed by atoms with Crippen LogP contribution >= 0.6 is 0 Å². The van der Waals surface area contributed by atoms with E-state index in [-0.39, 0.29) is 11.4 Å². The number of carbonyl (C=O) groups is 1. The average molecular weight is 338 g/mol. The van der Waals surface area contributed by atoms with Crippen molar-refractivity contribution in [2.45, 2.75) is 33.2 Å². The van der Waals surface area contributed by atoms with Crippen molar-refractivity contribution in [2.75, 3.05) is 5.32 Å². The highest BCUT2D eigenvalue weighted by molar-refractivity contribution is 6.04. The number of nitrogens with zero attached hydrogens (tertiary/aromatic N) is 5. The molecule has 0 spiro atoms. The van der Waals surface area contributed by atoms with Crippen molar-refractivity contribution in [3.63, 3.8) is 0 Å². The van der Waals surface area contributed by atoms with E-state index >= 15 is 0 Å². The van der Waals surface area contributed by atoms with Gasteiger partial charge in [0.25, 0.3) is 5.91 Å². The number of carbonyl (C=O) groups excluding carboxylic acids is 1. The van der Waals surface area contributed by atoms with E-state index in [0.717, 1.165) is 11.3 Å². The van der Waals surface area contributed by atoms with Gasteiger partial charge in [-0.2, -0.15) is 5.10 Å². The molecular formula is C18H22N6O. The van der Waals surface area contributed by atoms with Crippen LogP contribution in [0.5, 0.6) is 0 Å². The van der Waals surface area contributed by atoms with Crippen LogP contribution in [0.3, 0.4) is 0 Å². The van der Waals surface area contributed by atoms with Crippen LogP contribution in [0.4, 0.5) is 5.69 Å². The Morgan fingerprint density at radius 3 is 2.52 bits per heavy atom. The molecular weight excluding hydrogens is 316 g/mol. The SMILES string of the molecule is Cc1cc(C(=O)Nc2ccccc2-c2nncn2C)nn1C(C)(C)C. The molecule has 1 amide bonds. The molecule has 1 aromatic carbocycles. The van der Waals surface area contributed by atoms with Crippen molar-refractivity contribution in [2.24, 2.45) is 7.05 Å². The molecule has 0 saturated carbocycles. The van der Waals surface area contributed by atoms with Gasteiger partial charge in [-0.1, -0.05) is 12.1 Å². The number of aromatic nitrogens is 5. The Kier molecular flexibility index (Phi) is 4.16. The van der Waals surface area contributed by atoms with Gasteiger partial charge in [0.15, 0.2) is 11.5 Å². The van der Waals surface area contributed by atoms with E-state index in [0.29, 0.717) is 17.2 Å². The van der Waals surface area contributed by atoms with E-state index in [1.807, 2.05) is 47.5 Å². The molecule has 7 heteroatoms. The Bertz CT molecular complexity index is 916. The number of aryl methyl sites for hydroxylation is 2. The molecule has 0 bridgehead atoms. The maximum atomic E-state index is 12.7. The molecule has 0 saturated heterocycles. The molecule has 0 fully saturated rings. The number of amides is 1. The Hall–Kier alpha value is -2.96. The lowest BCUT2D eigenvalue weighted by molar-refractivity contribution is 0.102. The van der Waals surface area contributed by atoms with Crippen LogP contribution in [0.25, 0.3) is 11.4 Å². The first-order valence-corrected chi connectivity index (χ1v) is 8.09. The van der Waals surface area contributed by atoms with Crippen molar-refractivity contribution in [1.29, 1.82) is 0 Å². The third kappa shape index (κ3) is 3.31. The molecule has 0 aliphatic rings. The van der Waals surface area contributed by atoms with E-state index < -0.39 is 0 Å². The maximum absolute atomic E-state index is 12.7. The lowest BCUT2D eigenvalue weighted by Crippen LogP contribution is -2.25. The lowest BCUT2D eigenvalue weighted by Gasteiger charge is -2.21. The summed E-state index contributed by atoms with van der Waals surface area (Å²) in [4.78, 5) is 12.7. The first-order chi connectivity index (χ1) is 11.8. The molecule has 0 radical (unpaired) electrons. The quantitative estimate of drug-likeness (QED) is 0.796. The van der Waals surface area contributed by atoms with Crippen LogP contribution < -0.4 is 5.32 Å². The summed E-state index contributed by atoms with van der Waals surface area (Å²) in [7, 11) is 1.86. The zero-order valence-corrected chi connectivity index (χ0v) is 15.1. The van der Waals surface area contributed by atoms with Gasteiger partial charge in [-0.3, -0.25) is 9.48 Å². The molecule has 0 aliphatic heterocycles. The Morgan fingerprint density at radius 1 is 1.20 bits per heavy atom. The van der Waals surface area contributed by atoms with Gasteiger partial charge in [-0.15, -0.1) is 10.2 Å². The highest BCUT2D eigenvalue weighted by Gasteiger charge is 2.21. The Balaban J connectivity index is 1.92. The van der Waals surface area contributed by atoms with Crippen molar-refractivity contribution < 1.29 is 4.79 Å². The van der Waals surface area contributed by atoms with Crippen LogP contribution in [-0.2, 0) is 12.6 Å². The van der Waals surface area contributed by atoms with Crippen LogP contribution in [0.2, 0.25) is 0 Å². The predicted octanol–water partition coefficient (Wildman–Crippen LogP) is 2.99. The number of nitrogens with one attached hydrogen (secondary N) is 1. The summed E-state index contributed by atoms with van der Waals surface area (Å²) in [5.41, 5.74) is 2.63. The summed E-state index contributed by atoms with van der Waals surface area (Å²) in [5, 5.41) is 15.4. The highest BCUT2D eigenvalue weighted by atomic mass is 16.2. The van der Waals surface area contributed by atoms with Crippen molar-refractivity contribution in [3.8, 4) is 11.4 Å². The Morgan fingerprint density at radius 2 is 1.92 bits per heavy atom. The molecule has 0 aliphatic carbocycles. The lowest BCUT2D eigenvalue weighted by atomic mass is 10.1. The maximum Gasteiger partial charge on any atom is 0.276 e. The van der Waals surface area contributed by atoms with E-state index in [4.69, 9.17) is 0 Å². The Labute approximate surface area is 146 Å². The molecule has 2 heterocycles. The summed E-state index contributed by atoms with van der Waals surface area (Å²) >= 11 is 0. The smallest absolute Gasteiger partial charge is 0.276 e. The summed E-state index contributed by atoms with van der Waals surface area (Å²) in [6.45, 7) is 8.11. The minimum Gasteiger partial charge on any atom is -0.320 e. The molecule has 2 aromatic heterocycles. The number of anilines is 1. The van der Waals surface area contributed by atoms with Gasteiger partial charge < -0.3 is 9.88 Å². The predicted molar refractivity (Wildman–Crippen MR) is 96.4 cm³/mol. The number of para-hydroxylation sites is 1. The molecule has 25 heavy (non-hydrogen) atoms. The van der Waals surface area contributed by atoms with Gasteiger partial charge in [0.05, 0.1) is 11.2 Å². The molecule has 7 nitrogen and oxygen atoms in total. The van der Waals surface area contributed by atoms with Gasteiger partial charge in [0, 0.05) is 18.3 Å². The molecule has 1 N–H and O–H groups in total. The monoisotopic (exact) mass is 338 g/mol. The molecule has 0 atom stereocenters. The zero-order valence-electron chi connectivity index (χ0n) is 15.1. The van der Waals surface area contributed by atoms with Gasteiger partial charge in [0.1, 0.15) is 6.33 Å². The van der Waals surface area contributed by atoms with Crippen molar-refractivity contribution >= 4 is 11.6 Å². The van der Waals surface area contributed by atoms with Gasteiger partial charge >= 0.3 is 0 Å². The fraction of sp³-hybridized carbons (Fsp3) is 0.333. The highest BCUT2D eigenvalue weighted by Crippen LogP contribution is 2.26. The molecule has 3 rings (SSSR count). The third-order valence-electron chi connectivity index (χ3n) is 3.88. The van der Waals surface area contributed by atoms with Gasteiger partial charge in [-0.05, 0) is 45.9 Å². The summed E-state index contributed by atoms with van der Waals surface area (Å²) in [6.07, 6.45) is 1.63. The average Bonchev–Trinajstić information content (AvgIpc) is 3.13. The molecule has 3 aromatic rings. The van der Waals surface area contributed by atoms with E-state index in [9.17, 15) is 4.79 Å². The largest absolute Gasteiger partial charge is 0.320 e. The standard InChI is InChI=1S/C18H22N6O/c1-12-10-15(22-24(12)18(2,3)4)17(25)20-14-9-7-6-8-13(14)16-21-19-11-23(16)5/h6-11H,1-5H3,(H,20,25). The number of rotatable bonds is 3. The van der Waals surface area contributed by atoms with Crippen LogP contribution in [-0.4, -0.2) is 30.5 Å². The first kappa shape index (κ1) is 16.9. The minimum absolute atomic E-state index is 0.181. The van der Waals surface area contributed by atoms with Crippen LogP contribution in [0, 0.1) is 6.92 Å². The summed E-state index contributed by atoms with van der Waals surface area (Å²) in [5.74, 6) is 0.438.